The Labute approximate surface area is 155 Å². The van der Waals surface area contributed by atoms with Crippen LogP contribution in [0.15, 0.2) is 44.2 Å². The topological polar surface area (TPSA) is 51.3 Å². The van der Waals surface area contributed by atoms with Gasteiger partial charge in [-0.25, -0.2) is 4.98 Å². The van der Waals surface area contributed by atoms with Gasteiger partial charge in [0.25, 0.3) is 5.56 Å². The molecule has 5 rings (SSSR count). The van der Waals surface area contributed by atoms with Crippen LogP contribution >= 0.6 is 11.3 Å². The lowest BCUT2D eigenvalue weighted by molar-refractivity contribution is 0.113. The van der Waals surface area contributed by atoms with Gasteiger partial charge in [-0.15, -0.1) is 0 Å². The minimum Gasteiger partial charge on any atom is -0.441 e. The van der Waals surface area contributed by atoms with E-state index in [2.05, 4.69) is 16.3 Å². The van der Waals surface area contributed by atoms with Crippen molar-refractivity contribution in [2.24, 2.45) is 5.92 Å². The molecule has 0 saturated carbocycles. The summed E-state index contributed by atoms with van der Waals surface area (Å²) < 4.78 is 7.87. The first kappa shape index (κ1) is 16.0. The Hall–Kier alpha value is -2.18. The molecular weight excluding hydrogens is 346 g/mol. The van der Waals surface area contributed by atoms with Gasteiger partial charge in [0.15, 0.2) is 0 Å². The second-order valence-corrected chi connectivity index (χ2v) is 8.21. The second-order valence-electron chi connectivity index (χ2n) is 7.43. The summed E-state index contributed by atoms with van der Waals surface area (Å²) in [4.78, 5) is 19.4. The predicted octanol–water partition coefficient (Wildman–Crippen LogP) is 3.49. The zero-order valence-electron chi connectivity index (χ0n) is 14.7. The number of hydrogen-bond acceptors (Lipinski definition) is 5. The molecule has 0 spiro atoms. The van der Waals surface area contributed by atoms with Gasteiger partial charge in [0.1, 0.15) is 5.76 Å². The average Bonchev–Trinajstić information content (AvgIpc) is 3.26. The lowest BCUT2D eigenvalue weighted by Gasteiger charge is -2.42. The number of thiophene rings is 1. The number of likely N-dealkylation sites (tertiary alicyclic amines) is 1. The van der Waals surface area contributed by atoms with Crippen LogP contribution in [-0.2, 0) is 13.1 Å². The summed E-state index contributed by atoms with van der Waals surface area (Å²) in [5, 5.41) is 4.11. The van der Waals surface area contributed by atoms with E-state index in [1.165, 1.54) is 12.1 Å². The lowest BCUT2D eigenvalue weighted by atomic mass is 9.83. The molecule has 1 fully saturated rings. The van der Waals surface area contributed by atoms with Crippen LogP contribution in [-0.4, -0.2) is 27.5 Å². The van der Waals surface area contributed by atoms with E-state index in [0.717, 1.165) is 43.2 Å². The largest absolute Gasteiger partial charge is 0.441 e. The Morgan fingerprint density at radius 3 is 3.04 bits per heavy atom. The Morgan fingerprint density at radius 2 is 2.19 bits per heavy atom. The van der Waals surface area contributed by atoms with Crippen LogP contribution in [0.2, 0.25) is 0 Å². The average molecular weight is 367 g/mol. The molecule has 134 valence electrons. The minimum absolute atomic E-state index is 0.137. The molecule has 2 atom stereocenters. The number of hydrogen-bond donors (Lipinski definition) is 0. The number of pyridine rings is 1. The fourth-order valence-corrected chi connectivity index (χ4v) is 5.05. The molecule has 1 saturated heterocycles. The number of aromatic nitrogens is 2. The highest BCUT2D eigenvalue weighted by atomic mass is 32.1. The number of rotatable bonds is 3. The standard InChI is InChI=1S/C20H21N3O2S/c1-13-17(21-20(25-13)15-5-6-26-12-15)11-22-8-14-7-16(10-22)18-3-2-4-19(24)23(18)9-14/h2-6,12,14,16H,7-11H2,1H3. The normalized spacial score (nSPS) is 22.3. The fraction of sp³-hybridized carbons (Fsp3) is 0.400. The summed E-state index contributed by atoms with van der Waals surface area (Å²) in [5.41, 5.74) is 3.40. The second kappa shape index (κ2) is 6.21. The lowest BCUT2D eigenvalue weighted by Crippen LogP contribution is -2.46. The first-order chi connectivity index (χ1) is 12.7. The molecule has 2 aliphatic rings. The van der Waals surface area contributed by atoms with Gasteiger partial charge in [0.05, 0.1) is 5.69 Å². The van der Waals surface area contributed by atoms with E-state index >= 15 is 0 Å². The van der Waals surface area contributed by atoms with Crippen molar-refractivity contribution in [2.45, 2.75) is 32.4 Å². The van der Waals surface area contributed by atoms with E-state index < -0.39 is 0 Å². The molecule has 0 amide bonds. The molecule has 5 nitrogen and oxygen atoms in total. The fourth-order valence-electron chi connectivity index (χ4n) is 4.42. The monoisotopic (exact) mass is 367 g/mol. The van der Waals surface area contributed by atoms with Crippen molar-refractivity contribution >= 4 is 11.3 Å². The third kappa shape index (κ3) is 2.73. The Kier molecular flexibility index (Phi) is 3.83. The van der Waals surface area contributed by atoms with Crippen molar-refractivity contribution in [3.63, 3.8) is 0 Å². The highest BCUT2D eigenvalue weighted by Crippen LogP contribution is 2.35. The van der Waals surface area contributed by atoms with E-state index in [-0.39, 0.29) is 5.56 Å². The number of fused-ring (bicyclic) bond motifs is 4. The van der Waals surface area contributed by atoms with Crippen LogP contribution in [0.5, 0.6) is 0 Å². The Bertz CT molecular complexity index is 989. The van der Waals surface area contributed by atoms with Gasteiger partial charge in [0, 0.05) is 54.8 Å². The summed E-state index contributed by atoms with van der Waals surface area (Å²) in [6, 6.07) is 7.72. The molecule has 26 heavy (non-hydrogen) atoms. The third-order valence-electron chi connectivity index (χ3n) is 5.59. The third-order valence-corrected chi connectivity index (χ3v) is 6.27. The summed E-state index contributed by atoms with van der Waals surface area (Å²) in [6.45, 7) is 5.62. The molecule has 6 heteroatoms. The molecular formula is C20H21N3O2S. The Balaban J connectivity index is 1.38. The van der Waals surface area contributed by atoms with Crippen LogP contribution in [0.1, 0.15) is 29.5 Å². The SMILES string of the molecule is Cc1oc(-c2ccsc2)nc1CN1CC2CC(C1)c1cccc(=O)n1C2. The van der Waals surface area contributed by atoms with Gasteiger partial charge < -0.3 is 8.98 Å². The molecule has 0 aliphatic carbocycles. The van der Waals surface area contributed by atoms with E-state index in [1.54, 1.807) is 17.4 Å². The maximum absolute atomic E-state index is 12.2. The van der Waals surface area contributed by atoms with Gasteiger partial charge in [-0.3, -0.25) is 9.69 Å². The van der Waals surface area contributed by atoms with Gasteiger partial charge in [-0.05, 0) is 36.8 Å². The number of aryl methyl sites for hydroxylation is 1. The number of nitrogens with zero attached hydrogens (tertiary/aromatic N) is 3. The van der Waals surface area contributed by atoms with Crippen LogP contribution in [0.25, 0.3) is 11.5 Å². The zero-order valence-corrected chi connectivity index (χ0v) is 15.5. The first-order valence-corrected chi connectivity index (χ1v) is 10.0. The van der Waals surface area contributed by atoms with Crippen molar-refractivity contribution in [1.82, 2.24) is 14.5 Å². The molecule has 3 aromatic rings. The van der Waals surface area contributed by atoms with E-state index in [4.69, 9.17) is 9.40 Å². The molecule has 0 N–H and O–H groups in total. The molecule has 5 heterocycles. The molecule has 2 unspecified atom stereocenters. The summed E-state index contributed by atoms with van der Waals surface area (Å²) in [5.74, 6) is 2.58. The molecule has 0 radical (unpaired) electrons. The summed E-state index contributed by atoms with van der Waals surface area (Å²) in [6.07, 6.45) is 1.18. The first-order valence-electron chi connectivity index (χ1n) is 9.08. The smallest absolute Gasteiger partial charge is 0.250 e. The molecule has 2 aliphatic heterocycles. The zero-order chi connectivity index (χ0) is 17.7. The quantitative estimate of drug-likeness (QED) is 0.711. The molecule has 0 aromatic carbocycles. The van der Waals surface area contributed by atoms with Crippen LogP contribution in [0.4, 0.5) is 0 Å². The number of oxazole rings is 1. The van der Waals surface area contributed by atoms with Crippen molar-refractivity contribution < 1.29 is 4.42 Å². The Morgan fingerprint density at radius 1 is 1.27 bits per heavy atom. The maximum atomic E-state index is 12.2. The van der Waals surface area contributed by atoms with E-state index in [9.17, 15) is 4.79 Å². The van der Waals surface area contributed by atoms with Crippen LogP contribution in [0.3, 0.4) is 0 Å². The van der Waals surface area contributed by atoms with E-state index in [0.29, 0.717) is 17.7 Å². The summed E-state index contributed by atoms with van der Waals surface area (Å²) in [7, 11) is 0. The van der Waals surface area contributed by atoms with E-state index in [1.807, 2.05) is 29.0 Å². The van der Waals surface area contributed by atoms with Crippen LogP contribution in [0, 0.1) is 12.8 Å². The van der Waals surface area contributed by atoms with Crippen molar-refractivity contribution in [2.75, 3.05) is 13.1 Å². The highest BCUT2D eigenvalue weighted by molar-refractivity contribution is 7.08. The van der Waals surface area contributed by atoms with Gasteiger partial charge in [0.2, 0.25) is 5.89 Å². The van der Waals surface area contributed by atoms with Gasteiger partial charge >= 0.3 is 0 Å². The minimum atomic E-state index is 0.137. The van der Waals surface area contributed by atoms with Crippen molar-refractivity contribution in [1.29, 1.82) is 0 Å². The summed E-state index contributed by atoms with van der Waals surface area (Å²) >= 11 is 1.65. The molecule has 3 aromatic heterocycles. The van der Waals surface area contributed by atoms with Gasteiger partial charge in [-0.2, -0.15) is 11.3 Å². The maximum Gasteiger partial charge on any atom is 0.250 e. The van der Waals surface area contributed by atoms with Gasteiger partial charge in [-0.1, -0.05) is 6.07 Å². The number of piperidine rings is 1. The highest BCUT2D eigenvalue weighted by Gasteiger charge is 2.34. The van der Waals surface area contributed by atoms with Crippen molar-refractivity contribution in [3.05, 3.63) is 62.5 Å². The van der Waals surface area contributed by atoms with Crippen molar-refractivity contribution in [3.8, 4) is 11.5 Å². The van der Waals surface area contributed by atoms with Crippen LogP contribution < -0.4 is 5.56 Å². The predicted molar refractivity (Wildman–Crippen MR) is 101 cm³/mol. The molecule has 2 bridgehead atoms.